The Morgan fingerprint density at radius 1 is 1.50 bits per heavy atom. The highest BCUT2D eigenvalue weighted by molar-refractivity contribution is 5.94. The third-order valence-corrected chi connectivity index (χ3v) is 2.54. The molecule has 2 N–H and O–H groups in total. The minimum absolute atomic E-state index is 0.0550. The van der Waals surface area contributed by atoms with Gasteiger partial charge in [-0.1, -0.05) is 6.92 Å². The number of nitro groups is 1. The van der Waals surface area contributed by atoms with Crippen LogP contribution in [0.1, 0.15) is 23.7 Å². The maximum atomic E-state index is 13.1. The Hall–Kier alpha value is -2.51. The molecule has 0 aliphatic heterocycles. The van der Waals surface area contributed by atoms with Gasteiger partial charge in [0.1, 0.15) is 0 Å². The number of nitrogens with one attached hydrogen (secondary N) is 1. The number of benzene rings is 1. The molecule has 0 fully saturated rings. The van der Waals surface area contributed by atoms with E-state index in [1.54, 1.807) is 6.92 Å². The van der Waals surface area contributed by atoms with Crippen LogP contribution in [0.2, 0.25) is 0 Å². The Morgan fingerprint density at radius 2 is 2.15 bits per heavy atom. The lowest BCUT2D eigenvalue weighted by Crippen LogP contribution is -2.29. The van der Waals surface area contributed by atoms with E-state index in [1.165, 1.54) is 0 Å². The first-order chi connectivity index (χ1) is 9.31. The number of amides is 1. The molecule has 0 aliphatic rings. The van der Waals surface area contributed by atoms with Crippen molar-refractivity contribution < 1.29 is 24.0 Å². The number of nitrogens with zero attached hydrogens (tertiary/aromatic N) is 1. The Balaban J connectivity index is 2.71. The lowest BCUT2D eigenvalue weighted by Gasteiger charge is -2.10. The van der Waals surface area contributed by atoms with Crippen molar-refractivity contribution in [2.75, 3.05) is 6.54 Å². The summed E-state index contributed by atoms with van der Waals surface area (Å²) in [4.78, 5) is 31.8. The van der Waals surface area contributed by atoms with E-state index >= 15 is 0 Å². The van der Waals surface area contributed by atoms with E-state index in [2.05, 4.69) is 5.32 Å². The van der Waals surface area contributed by atoms with Gasteiger partial charge in [-0.05, 0) is 18.1 Å². The molecule has 0 heterocycles. The lowest BCUT2D eigenvalue weighted by molar-refractivity contribution is -0.387. The highest BCUT2D eigenvalue weighted by Gasteiger charge is 2.18. The van der Waals surface area contributed by atoms with Gasteiger partial charge in [0.05, 0.1) is 4.92 Å². The van der Waals surface area contributed by atoms with E-state index in [1.807, 2.05) is 0 Å². The molecule has 108 valence electrons. The number of carbonyl (C=O) groups is 2. The first-order valence-electron chi connectivity index (χ1n) is 5.75. The minimum atomic E-state index is -1.02. The quantitative estimate of drug-likeness (QED) is 0.608. The molecule has 1 aromatic carbocycles. The second-order valence-electron chi connectivity index (χ2n) is 4.34. The Labute approximate surface area is 113 Å². The fourth-order valence-corrected chi connectivity index (χ4v) is 1.53. The van der Waals surface area contributed by atoms with E-state index in [-0.39, 0.29) is 24.4 Å². The number of aliphatic carboxylic acids is 1. The molecule has 0 spiro atoms. The molecule has 8 heteroatoms. The summed E-state index contributed by atoms with van der Waals surface area (Å²) in [5.41, 5.74) is -0.836. The third kappa shape index (κ3) is 4.30. The first kappa shape index (κ1) is 15.5. The zero-order valence-electron chi connectivity index (χ0n) is 10.6. The predicted molar refractivity (Wildman–Crippen MR) is 66.8 cm³/mol. The van der Waals surface area contributed by atoms with Crippen molar-refractivity contribution in [3.05, 3.63) is 39.7 Å². The van der Waals surface area contributed by atoms with Crippen LogP contribution in [0.15, 0.2) is 18.2 Å². The zero-order valence-corrected chi connectivity index (χ0v) is 10.6. The molecule has 7 nitrogen and oxygen atoms in total. The van der Waals surface area contributed by atoms with E-state index in [0.717, 1.165) is 18.2 Å². The number of halogens is 1. The minimum Gasteiger partial charge on any atom is -0.481 e. The van der Waals surface area contributed by atoms with Crippen LogP contribution in [0.3, 0.4) is 0 Å². The number of nitro benzene ring substituents is 1. The molecular weight excluding hydrogens is 271 g/mol. The number of carboxylic acids is 1. The molecule has 0 radical (unpaired) electrons. The van der Waals surface area contributed by atoms with E-state index < -0.39 is 28.3 Å². The Bertz CT molecular complexity index is 547. The smallest absolute Gasteiger partial charge is 0.305 e. The van der Waals surface area contributed by atoms with Crippen LogP contribution in [0.25, 0.3) is 0 Å². The maximum Gasteiger partial charge on any atom is 0.305 e. The average molecular weight is 284 g/mol. The topological polar surface area (TPSA) is 110 Å². The van der Waals surface area contributed by atoms with Gasteiger partial charge >= 0.3 is 11.7 Å². The van der Waals surface area contributed by atoms with Crippen molar-refractivity contribution >= 4 is 17.6 Å². The average Bonchev–Trinajstić information content (AvgIpc) is 2.35. The summed E-state index contributed by atoms with van der Waals surface area (Å²) in [5.74, 6) is -2.91. The molecule has 1 unspecified atom stereocenters. The van der Waals surface area contributed by atoms with Gasteiger partial charge in [-0.3, -0.25) is 19.7 Å². The second-order valence-corrected chi connectivity index (χ2v) is 4.34. The van der Waals surface area contributed by atoms with Crippen LogP contribution in [0.4, 0.5) is 10.1 Å². The zero-order chi connectivity index (χ0) is 15.3. The summed E-state index contributed by atoms with van der Waals surface area (Å²) in [6.45, 7) is 1.75. The van der Waals surface area contributed by atoms with Crippen molar-refractivity contribution in [1.82, 2.24) is 5.32 Å². The van der Waals surface area contributed by atoms with Crippen LogP contribution in [0, 0.1) is 21.8 Å². The van der Waals surface area contributed by atoms with Crippen molar-refractivity contribution in [1.29, 1.82) is 0 Å². The first-order valence-corrected chi connectivity index (χ1v) is 5.75. The maximum absolute atomic E-state index is 13.1. The van der Waals surface area contributed by atoms with Gasteiger partial charge in [0.25, 0.3) is 5.91 Å². The van der Waals surface area contributed by atoms with Gasteiger partial charge in [-0.15, -0.1) is 0 Å². The molecule has 0 saturated heterocycles. The molecule has 20 heavy (non-hydrogen) atoms. The summed E-state index contributed by atoms with van der Waals surface area (Å²) in [6.07, 6.45) is -0.107. The van der Waals surface area contributed by atoms with Gasteiger partial charge < -0.3 is 10.4 Å². The van der Waals surface area contributed by atoms with Gasteiger partial charge in [0.2, 0.25) is 5.82 Å². The highest BCUT2D eigenvalue weighted by Crippen LogP contribution is 2.18. The predicted octanol–water partition coefficient (Wildman–Crippen LogP) is 1.57. The third-order valence-electron chi connectivity index (χ3n) is 2.54. The van der Waals surface area contributed by atoms with Crippen LogP contribution < -0.4 is 5.32 Å². The van der Waals surface area contributed by atoms with Crippen molar-refractivity contribution in [3.8, 4) is 0 Å². The van der Waals surface area contributed by atoms with Crippen LogP contribution in [-0.2, 0) is 4.79 Å². The fraction of sp³-hybridized carbons (Fsp3) is 0.333. The lowest BCUT2D eigenvalue weighted by atomic mass is 10.1. The Kier molecular flexibility index (Phi) is 5.13. The van der Waals surface area contributed by atoms with E-state index in [9.17, 15) is 24.1 Å². The van der Waals surface area contributed by atoms with Gasteiger partial charge in [0, 0.05) is 24.6 Å². The summed E-state index contributed by atoms with van der Waals surface area (Å²) in [5, 5.41) is 21.6. The molecule has 0 aliphatic carbocycles. The molecule has 0 saturated carbocycles. The number of hydrogen-bond donors (Lipinski definition) is 2. The summed E-state index contributed by atoms with van der Waals surface area (Å²) < 4.78 is 13.1. The molecule has 0 bridgehead atoms. The molecule has 1 amide bonds. The largest absolute Gasteiger partial charge is 0.481 e. The summed E-state index contributed by atoms with van der Waals surface area (Å²) >= 11 is 0. The van der Waals surface area contributed by atoms with Crippen LogP contribution >= 0.6 is 0 Å². The van der Waals surface area contributed by atoms with Crippen LogP contribution in [-0.4, -0.2) is 28.5 Å². The van der Waals surface area contributed by atoms with E-state index in [4.69, 9.17) is 5.11 Å². The van der Waals surface area contributed by atoms with E-state index in [0.29, 0.717) is 0 Å². The van der Waals surface area contributed by atoms with Gasteiger partial charge in [-0.2, -0.15) is 4.39 Å². The van der Waals surface area contributed by atoms with Crippen molar-refractivity contribution in [2.45, 2.75) is 13.3 Å². The van der Waals surface area contributed by atoms with Crippen LogP contribution in [0.5, 0.6) is 0 Å². The molecule has 1 rings (SSSR count). The SMILES string of the molecule is CC(CNC(=O)c1ccc(F)c([N+](=O)[O-])c1)CC(=O)O. The standard InChI is InChI=1S/C12H13FN2O5/c1-7(4-11(16)17)6-14-12(18)8-2-3-9(13)10(5-8)15(19)20/h2-3,5,7H,4,6H2,1H3,(H,14,18)(H,16,17). The summed E-state index contributed by atoms with van der Waals surface area (Å²) in [6, 6.07) is 2.81. The number of hydrogen-bond acceptors (Lipinski definition) is 4. The highest BCUT2D eigenvalue weighted by atomic mass is 19.1. The molecular formula is C12H13FN2O5. The molecule has 0 aromatic heterocycles. The normalized spacial score (nSPS) is 11.7. The molecule has 1 atom stereocenters. The van der Waals surface area contributed by atoms with Gasteiger partial charge in [0.15, 0.2) is 0 Å². The number of carboxylic acid groups (broad SMARTS) is 1. The Morgan fingerprint density at radius 3 is 2.70 bits per heavy atom. The van der Waals surface area contributed by atoms with Crippen molar-refractivity contribution in [2.24, 2.45) is 5.92 Å². The van der Waals surface area contributed by atoms with Crippen molar-refractivity contribution in [3.63, 3.8) is 0 Å². The molecule has 1 aromatic rings. The summed E-state index contributed by atoms with van der Waals surface area (Å²) in [7, 11) is 0. The second kappa shape index (κ2) is 6.60. The number of rotatable bonds is 6. The fourth-order valence-electron chi connectivity index (χ4n) is 1.53. The number of carbonyl (C=O) groups excluding carboxylic acids is 1. The van der Waals surface area contributed by atoms with Gasteiger partial charge in [-0.25, -0.2) is 0 Å². The monoisotopic (exact) mass is 284 g/mol.